The molecular weight excluding hydrogens is 729 g/mol. The maximum Gasteiger partial charge on any atom is 0.257 e. The van der Waals surface area contributed by atoms with E-state index in [1.54, 1.807) is 18.2 Å². The third-order valence-corrected chi connectivity index (χ3v) is 10.6. The Hall–Kier alpha value is -4.98. The lowest BCUT2D eigenvalue weighted by Gasteiger charge is -2.44. The van der Waals surface area contributed by atoms with Gasteiger partial charge >= 0.3 is 0 Å². The molecule has 5 aromatic carbocycles. The number of nitrogens with zero attached hydrogens (tertiary/aromatic N) is 2. The van der Waals surface area contributed by atoms with Crippen LogP contribution in [0.15, 0.2) is 103 Å². The Balaban J connectivity index is 1.04. The molecule has 2 aliphatic rings. The SMILES string of the molecule is C[C@@H]1[C@H](CN2CCN(Cc3ccccc3)CC2)O[C@H](c2ccc(-c3cccc(CNC(=O)c4c(F)c(F)c(F)c(F)c4F)c3)cc2)O[C@@H]1c1ccc(CO)cc1. The molecule has 7 nitrogen and oxygen atoms in total. The van der Waals surface area contributed by atoms with Crippen molar-refractivity contribution in [3.63, 3.8) is 0 Å². The van der Waals surface area contributed by atoms with Crippen LogP contribution in [-0.2, 0) is 29.2 Å². The first-order valence-electron chi connectivity index (χ1n) is 18.6. The predicted molar refractivity (Wildman–Crippen MR) is 200 cm³/mol. The largest absolute Gasteiger partial charge is 0.392 e. The van der Waals surface area contributed by atoms with Crippen LogP contribution in [0.2, 0.25) is 0 Å². The van der Waals surface area contributed by atoms with Gasteiger partial charge in [-0.25, -0.2) is 22.0 Å². The second-order valence-electron chi connectivity index (χ2n) is 14.3. The molecule has 7 rings (SSSR count). The molecular formula is C44H42F5N3O4. The minimum atomic E-state index is -2.33. The van der Waals surface area contributed by atoms with E-state index < -0.39 is 46.8 Å². The highest BCUT2D eigenvalue weighted by Gasteiger charge is 2.39. The second kappa shape index (κ2) is 17.4. The minimum absolute atomic E-state index is 0.0326. The van der Waals surface area contributed by atoms with Gasteiger partial charge in [0.15, 0.2) is 29.6 Å². The fraction of sp³-hybridized carbons (Fsp3) is 0.295. The third kappa shape index (κ3) is 8.69. The van der Waals surface area contributed by atoms with Crippen molar-refractivity contribution in [1.82, 2.24) is 15.1 Å². The summed E-state index contributed by atoms with van der Waals surface area (Å²) in [7, 11) is 0. The maximum atomic E-state index is 14.2. The van der Waals surface area contributed by atoms with Gasteiger partial charge < -0.3 is 19.9 Å². The summed E-state index contributed by atoms with van der Waals surface area (Å²) in [5.41, 5.74) is 4.54. The molecule has 0 aromatic heterocycles. The van der Waals surface area contributed by atoms with E-state index in [4.69, 9.17) is 9.47 Å². The summed E-state index contributed by atoms with van der Waals surface area (Å²) in [6.45, 7) is 7.32. The number of halogens is 5. The molecule has 2 N–H and O–H groups in total. The number of aliphatic hydroxyl groups is 1. The highest BCUT2D eigenvalue weighted by Crippen LogP contribution is 2.42. The van der Waals surface area contributed by atoms with E-state index in [0.29, 0.717) is 5.56 Å². The van der Waals surface area contributed by atoms with Crippen molar-refractivity contribution >= 4 is 5.91 Å². The van der Waals surface area contributed by atoms with Crippen LogP contribution in [0, 0.1) is 35.0 Å². The summed E-state index contributed by atoms with van der Waals surface area (Å²) in [5, 5.41) is 11.9. The van der Waals surface area contributed by atoms with E-state index in [1.165, 1.54) is 5.56 Å². The molecule has 0 aliphatic carbocycles. The quantitative estimate of drug-likeness (QED) is 0.0805. The summed E-state index contributed by atoms with van der Waals surface area (Å²) >= 11 is 0. The number of rotatable bonds is 11. The average molecular weight is 772 g/mol. The number of ether oxygens (including phenoxy) is 2. The monoisotopic (exact) mass is 771 g/mol. The smallest absolute Gasteiger partial charge is 0.257 e. The Labute approximate surface area is 322 Å². The predicted octanol–water partition coefficient (Wildman–Crippen LogP) is 8.08. The fourth-order valence-electron chi connectivity index (χ4n) is 7.32. The Morgan fingerprint density at radius 2 is 1.29 bits per heavy atom. The molecule has 0 radical (unpaired) electrons. The van der Waals surface area contributed by atoms with Crippen molar-refractivity contribution in [3.05, 3.63) is 166 Å². The normalized spacial score (nSPS) is 20.6. The Bertz CT molecular complexity index is 2100. The molecule has 2 fully saturated rings. The number of benzene rings is 5. The van der Waals surface area contributed by atoms with Crippen LogP contribution in [0.25, 0.3) is 11.1 Å². The molecule has 1 amide bonds. The van der Waals surface area contributed by atoms with Crippen molar-refractivity contribution in [2.75, 3.05) is 32.7 Å². The Morgan fingerprint density at radius 1 is 0.679 bits per heavy atom. The van der Waals surface area contributed by atoms with Crippen LogP contribution in [0.4, 0.5) is 22.0 Å². The summed E-state index contributed by atoms with van der Waals surface area (Å²) in [6, 6.07) is 33.0. The minimum Gasteiger partial charge on any atom is -0.392 e. The average Bonchev–Trinajstić information content (AvgIpc) is 3.23. The lowest BCUT2D eigenvalue weighted by Crippen LogP contribution is -2.51. The van der Waals surface area contributed by atoms with Crippen LogP contribution in [0.3, 0.4) is 0 Å². The first-order valence-corrected chi connectivity index (χ1v) is 18.6. The van der Waals surface area contributed by atoms with Gasteiger partial charge in [-0.3, -0.25) is 14.6 Å². The van der Waals surface area contributed by atoms with Gasteiger partial charge in [0.1, 0.15) is 5.56 Å². The van der Waals surface area contributed by atoms with Crippen LogP contribution in [0.1, 0.15) is 57.5 Å². The summed E-state index contributed by atoms with van der Waals surface area (Å²) in [4.78, 5) is 17.4. The molecule has 2 heterocycles. The number of hydrogen-bond acceptors (Lipinski definition) is 6. The number of carbonyl (C=O) groups is 1. The molecule has 5 aromatic rings. The van der Waals surface area contributed by atoms with Crippen molar-refractivity contribution in [3.8, 4) is 11.1 Å². The number of aliphatic hydroxyl groups excluding tert-OH is 1. The zero-order valence-corrected chi connectivity index (χ0v) is 30.7. The van der Waals surface area contributed by atoms with Crippen molar-refractivity contribution < 1.29 is 41.3 Å². The molecule has 0 bridgehead atoms. The van der Waals surface area contributed by atoms with Gasteiger partial charge in [0.2, 0.25) is 5.82 Å². The van der Waals surface area contributed by atoms with E-state index in [9.17, 15) is 31.9 Å². The zero-order valence-electron chi connectivity index (χ0n) is 30.7. The molecule has 2 aliphatic heterocycles. The molecule has 0 saturated carbocycles. The lowest BCUT2D eigenvalue weighted by molar-refractivity contribution is -0.276. The van der Waals surface area contributed by atoms with E-state index in [1.807, 2.05) is 60.7 Å². The van der Waals surface area contributed by atoms with Crippen molar-refractivity contribution in [2.24, 2.45) is 5.92 Å². The van der Waals surface area contributed by atoms with E-state index in [0.717, 1.165) is 67.1 Å². The van der Waals surface area contributed by atoms with Gasteiger partial charge in [-0.2, -0.15) is 0 Å². The number of amides is 1. The number of hydrogen-bond donors (Lipinski definition) is 2. The number of carbonyl (C=O) groups excluding carboxylic acids is 1. The van der Waals surface area contributed by atoms with Crippen molar-refractivity contribution in [2.45, 2.75) is 45.1 Å². The molecule has 2 saturated heterocycles. The lowest BCUT2D eigenvalue weighted by atomic mass is 9.89. The molecule has 12 heteroatoms. The van der Waals surface area contributed by atoms with Crippen LogP contribution < -0.4 is 5.32 Å². The van der Waals surface area contributed by atoms with Crippen LogP contribution in [-0.4, -0.2) is 59.6 Å². The molecule has 56 heavy (non-hydrogen) atoms. The summed E-state index contributed by atoms with van der Waals surface area (Å²) in [6.07, 6.45) is -1.05. The van der Waals surface area contributed by atoms with Crippen molar-refractivity contribution in [1.29, 1.82) is 0 Å². The highest BCUT2D eigenvalue weighted by atomic mass is 19.2. The molecule has 4 atom stereocenters. The summed E-state index contributed by atoms with van der Waals surface area (Å²) < 4.78 is 82.5. The first-order chi connectivity index (χ1) is 27.1. The van der Waals surface area contributed by atoms with Gasteiger partial charge in [0.25, 0.3) is 5.91 Å². The van der Waals surface area contributed by atoms with Gasteiger partial charge in [0, 0.05) is 57.3 Å². The molecule has 292 valence electrons. The van der Waals surface area contributed by atoms with Gasteiger partial charge in [-0.1, -0.05) is 104 Å². The Kier molecular flexibility index (Phi) is 12.2. The standard InChI is InChI=1S/C44H42F5N3O4/c1-27-35(25-52-20-18-51(19-21-52)24-28-6-3-2-4-7-28)55-44(56-42(27)32-12-10-29(26-53)11-13-32)33-16-14-31(15-17-33)34-9-5-8-30(22-34)23-50-43(54)36-37(45)39(47)41(49)40(48)38(36)46/h2-17,22,27,35,42,44,53H,18-21,23-26H2,1H3,(H,50,54)/t27-,35+,42+,44+/m1/s1. The van der Waals surface area contributed by atoms with E-state index >= 15 is 0 Å². The fourth-order valence-corrected chi connectivity index (χ4v) is 7.32. The third-order valence-electron chi connectivity index (χ3n) is 10.6. The van der Waals surface area contributed by atoms with Crippen LogP contribution >= 0.6 is 0 Å². The summed E-state index contributed by atoms with van der Waals surface area (Å²) in [5.74, 6) is -12.5. The van der Waals surface area contributed by atoms with Gasteiger partial charge in [0.05, 0.1) is 18.8 Å². The van der Waals surface area contributed by atoms with E-state index in [-0.39, 0.29) is 31.3 Å². The molecule has 0 spiro atoms. The Morgan fingerprint density at radius 3 is 1.95 bits per heavy atom. The molecule has 0 unspecified atom stereocenters. The number of nitrogens with one attached hydrogen (secondary N) is 1. The zero-order chi connectivity index (χ0) is 39.3. The topological polar surface area (TPSA) is 74.3 Å². The van der Waals surface area contributed by atoms with E-state index in [2.05, 4.69) is 46.3 Å². The maximum absolute atomic E-state index is 14.2. The number of piperazine rings is 1. The second-order valence-corrected chi connectivity index (χ2v) is 14.3. The highest BCUT2D eigenvalue weighted by molar-refractivity contribution is 5.94. The van der Waals surface area contributed by atoms with Gasteiger partial charge in [-0.15, -0.1) is 0 Å². The van der Waals surface area contributed by atoms with Gasteiger partial charge in [-0.05, 0) is 39.4 Å². The van der Waals surface area contributed by atoms with Crippen LogP contribution in [0.5, 0.6) is 0 Å². The first kappa shape index (κ1) is 39.3.